The highest BCUT2D eigenvalue weighted by Crippen LogP contribution is 2.36. The molecule has 20 heavy (non-hydrogen) atoms. The fourth-order valence-corrected chi connectivity index (χ4v) is 1.91. The van der Waals surface area contributed by atoms with Crippen molar-refractivity contribution in [3.05, 3.63) is 6.20 Å². The van der Waals surface area contributed by atoms with Gasteiger partial charge in [0.25, 0.3) is 0 Å². The first-order valence-electron chi connectivity index (χ1n) is 6.81. The summed E-state index contributed by atoms with van der Waals surface area (Å²) in [6, 6.07) is 0. The van der Waals surface area contributed by atoms with Crippen LogP contribution in [0.1, 0.15) is 34.6 Å². The number of aromatic nitrogens is 2. The second-order valence-corrected chi connectivity index (χ2v) is 5.78. The highest BCUT2D eigenvalue weighted by Gasteiger charge is 2.52. The number of nitrogens with one attached hydrogen (secondary N) is 1. The normalized spacial score (nSPS) is 20.0. The van der Waals surface area contributed by atoms with Crippen molar-refractivity contribution in [2.75, 3.05) is 19.0 Å². The fourth-order valence-electron chi connectivity index (χ4n) is 1.91. The Bertz CT molecular complexity index is 478. The van der Waals surface area contributed by atoms with Crippen LogP contribution in [-0.2, 0) is 9.31 Å². The van der Waals surface area contributed by atoms with Crippen molar-refractivity contribution >= 4 is 18.5 Å². The van der Waals surface area contributed by atoms with E-state index in [0.717, 1.165) is 6.54 Å². The summed E-state index contributed by atoms with van der Waals surface area (Å²) in [5, 5.41) is 3.05. The maximum atomic E-state index is 5.99. The number of hydrogen-bond acceptors (Lipinski definition) is 6. The van der Waals surface area contributed by atoms with Crippen molar-refractivity contribution in [3.8, 4) is 5.88 Å². The second-order valence-electron chi connectivity index (χ2n) is 5.78. The predicted molar refractivity (Wildman–Crippen MR) is 78.5 cm³/mol. The molecule has 0 aromatic carbocycles. The van der Waals surface area contributed by atoms with Crippen LogP contribution in [0.15, 0.2) is 6.20 Å². The molecule has 1 aliphatic rings. The Hall–Kier alpha value is -1.34. The van der Waals surface area contributed by atoms with Crippen LogP contribution < -0.4 is 15.5 Å². The summed E-state index contributed by atoms with van der Waals surface area (Å²) in [5.74, 6) is 0.999. The van der Waals surface area contributed by atoms with E-state index >= 15 is 0 Å². The largest absolute Gasteiger partial charge is 0.502 e. The molecule has 1 fully saturated rings. The smallest absolute Gasteiger partial charge is 0.481 e. The number of hydrogen-bond donors (Lipinski definition) is 1. The first-order chi connectivity index (χ1) is 9.30. The van der Waals surface area contributed by atoms with Crippen LogP contribution in [0.25, 0.3) is 0 Å². The van der Waals surface area contributed by atoms with Gasteiger partial charge in [0.15, 0.2) is 0 Å². The Morgan fingerprint density at radius 1 is 1.25 bits per heavy atom. The number of methoxy groups -OCH3 is 1. The van der Waals surface area contributed by atoms with Crippen LogP contribution in [0.4, 0.5) is 5.95 Å². The summed E-state index contributed by atoms with van der Waals surface area (Å²) < 4.78 is 17.3. The molecule has 0 aliphatic carbocycles. The minimum atomic E-state index is -0.523. The van der Waals surface area contributed by atoms with Gasteiger partial charge in [-0.1, -0.05) is 0 Å². The van der Waals surface area contributed by atoms with Gasteiger partial charge in [0.2, 0.25) is 11.8 Å². The summed E-state index contributed by atoms with van der Waals surface area (Å²) in [7, 11) is 1.05. The van der Waals surface area contributed by atoms with Gasteiger partial charge in [-0.15, -0.1) is 0 Å². The lowest BCUT2D eigenvalue weighted by molar-refractivity contribution is 0.00578. The minimum absolute atomic E-state index is 0.400. The lowest BCUT2D eigenvalue weighted by atomic mass is 9.81. The van der Waals surface area contributed by atoms with Crippen molar-refractivity contribution in [2.24, 2.45) is 0 Å². The minimum Gasteiger partial charge on any atom is -0.481 e. The zero-order chi connectivity index (χ0) is 15.0. The van der Waals surface area contributed by atoms with Gasteiger partial charge >= 0.3 is 7.12 Å². The Balaban J connectivity index is 2.30. The third kappa shape index (κ3) is 2.60. The molecule has 7 heteroatoms. The van der Waals surface area contributed by atoms with Gasteiger partial charge in [0.1, 0.15) is 0 Å². The molecule has 0 saturated carbocycles. The summed E-state index contributed by atoms with van der Waals surface area (Å²) in [5.41, 5.74) is -0.0979. The van der Waals surface area contributed by atoms with Gasteiger partial charge in [-0.3, -0.25) is 0 Å². The van der Waals surface area contributed by atoms with E-state index in [4.69, 9.17) is 14.0 Å². The van der Waals surface area contributed by atoms with E-state index in [1.807, 2.05) is 34.6 Å². The molecular weight excluding hydrogens is 257 g/mol. The van der Waals surface area contributed by atoms with E-state index in [1.165, 1.54) is 0 Å². The third-order valence-corrected chi connectivity index (χ3v) is 3.82. The zero-order valence-electron chi connectivity index (χ0n) is 13.0. The summed E-state index contributed by atoms with van der Waals surface area (Å²) in [6.45, 7) is 10.8. The maximum absolute atomic E-state index is 5.99. The summed E-state index contributed by atoms with van der Waals surface area (Å²) in [6.07, 6.45) is 1.69. The molecule has 0 radical (unpaired) electrons. The highest BCUT2D eigenvalue weighted by molar-refractivity contribution is 6.63. The SMILES string of the molecule is CCNc1ncc(B2OC(C)(C)C(C)(C)O2)c(OC)n1. The number of anilines is 1. The van der Waals surface area contributed by atoms with Gasteiger partial charge in [0.05, 0.1) is 23.8 Å². The molecule has 6 nitrogen and oxygen atoms in total. The molecule has 1 N–H and O–H groups in total. The quantitative estimate of drug-likeness (QED) is 0.836. The summed E-state index contributed by atoms with van der Waals surface area (Å²) >= 11 is 0. The van der Waals surface area contributed by atoms with Crippen molar-refractivity contribution in [1.29, 1.82) is 0 Å². The van der Waals surface area contributed by atoms with Gasteiger partial charge < -0.3 is 19.4 Å². The van der Waals surface area contributed by atoms with Crippen molar-refractivity contribution in [1.82, 2.24) is 9.97 Å². The molecule has 0 unspecified atom stereocenters. The van der Waals surface area contributed by atoms with Crippen LogP contribution in [0.3, 0.4) is 0 Å². The van der Waals surface area contributed by atoms with E-state index in [1.54, 1.807) is 13.3 Å². The molecule has 110 valence electrons. The molecule has 1 aromatic heterocycles. The molecule has 0 atom stereocenters. The number of nitrogens with zero attached hydrogens (tertiary/aromatic N) is 2. The monoisotopic (exact) mass is 279 g/mol. The van der Waals surface area contributed by atoms with Crippen LogP contribution in [0.2, 0.25) is 0 Å². The molecule has 2 rings (SSSR count). The standard InChI is InChI=1S/C13H22BN3O3/c1-7-15-11-16-8-9(10(17-11)18-6)14-19-12(2,3)13(4,5)20-14/h8H,7H2,1-6H3,(H,15,16,17). The molecule has 2 heterocycles. The predicted octanol–water partition coefficient (Wildman–Crippen LogP) is 1.22. The van der Waals surface area contributed by atoms with Crippen LogP contribution in [0, 0.1) is 0 Å². The van der Waals surface area contributed by atoms with E-state index in [9.17, 15) is 0 Å². The van der Waals surface area contributed by atoms with Crippen LogP contribution >= 0.6 is 0 Å². The third-order valence-electron chi connectivity index (χ3n) is 3.82. The number of rotatable bonds is 4. The van der Waals surface area contributed by atoms with Gasteiger partial charge in [-0.25, -0.2) is 4.98 Å². The lowest BCUT2D eigenvalue weighted by Gasteiger charge is -2.32. The van der Waals surface area contributed by atoms with Crippen molar-refractivity contribution in [3.63, 3.8) is 0 Å². The maximum Gasteiger partial charge on any atom is 0.502 e. The molecule has 1 saturated heterocycles. The van der Waals surface area contributed by atoms with E-state index in [-0.39, 0.29) is 0 Å². The summed E-state index contributed by atoms with van der Waals surface area (Å²) in [4.78, 5) is 8.57. The van der Waals surface area contributed by atoms with Crippen molar-refractivity contribution < 1.29 is 14.0 Å². The molecule has 0 spiro atoms. The molecule has 1 aliphatic heterocycles. The highest BCUT2D eigenvalue weighted by atomic mass is 16.7. The lowest BCUT2D eigenvalue weighted by Crippen LogP contribution is -2.41. The van der Waals surface area contributed by atoms with E-state index in [0.29, 0.717) is 17.3 Å². The Morgan fingerprint density at radius 3 is 2.35 bits per heavy atom. The zero-order valence-corrected chi connectivity index (χ0v) is 13.0. The first-order valence-corrected chi connectivity index (χ1v) is 6.81. The average Bonchev–Trinajstić information content (AvgIpc) is 2.58. The first kappa shape index (κ1) is 15.1. The Kier molecular flexibility index (Phi) is 3.93. The average molecular weight is 279 g/mol. The van der Waals surface area contributed by atoms with Crippen LogP contribution in [-0.4, -0.2) is 41.9 Å². The van der Waals surface area contributed by atoms with Crippen LogP contribution in [0.5, 0.6) is 5.88 Å². The van der Waals surface area contributed by atoms with Gasteiger partial charge in [0, 0.05) is 12.7 Å². The molecular formula is C13H22BN3O3. The molecule has 0 amide bonds. The second kappa shape index (κ2) is 5.22. The fraction of sp³-hybridized carbons (Fsp3) is 0.692. The molecule has 1 aromatic rings. The van der Waals surface area contributed by atoms with Gasteiger partial charge in [-0.2, -0.15) is 4.98 Å². The Morgan fingerprint density at radius 2 is 1.85 bits per heavy atom. The van der Waals surface area contributed by atoms with E-state index in [2.05, 4.69) is 15.3 Å². The van der Waals surface area contributed by atoms with Crippen molar-refractivity contribution in [2.45, 2.75) is 45.8 Å². The Labute approximate surface area is 120 Å². The van der Waals surface area contributed by atoms with Gasteiger partial charge in [-0.05, 0) is 34.6 Å². The van der Waals surface area contributed by atoms with E-state index < -0.39 is 18.3 Å². The number of ether oxygens (including phenoxy) is 1. The topological polar surface area (TPSA) is 65.5 Å². The molecule has 0 bridgehead atoms.